The number of phenolic OH excluding ortho intramolecular Hbond substituents is 1. The van der Waals surface area contributed by atoms with E-state index in [0.717, 1.165) is 41.6 Å². The van der Waals surface area contributed by atoms with Gasteiger partial charge in [0.05, 0.1) is 18.9 Å². The van der Waals surface area contributed by atoms with Crippen LogP contribution in [0, 0.1) is 5.92 Å². The summed E-state index contributed by atoms with van der Waals surface area (Å²) in [5.74, 6) is 0.631. The van der Waals surface area contributed by atoms with Crippen molar-refractivity contribution in [2.24, 2.45) is 5.92 Å². The quantitative estimate of drug-likeness (QED) is 0.803. The third-order valence-corrected chi connectivity index (χ3v) is 6.60. The molecule has 5 rings (SSSR count). The molecule has 2 aromatic rings. The molecular formula is C23H25NO5. The third kappa shape index (κ3) is 2.84. The number of hydrogen-bond donors (Lipinski definition) is 1. The van der Waals surface area contributed by atoms with Gasteiger partial charge in [-0.05, 0) is 43.7 Å². The Bertz CT molecular complexity index is 1050. The van der Waals surface area contributed by atoms with Crippen LogP contribution >= 0.6 is 0 Å². The van der Waals surface area contributed by atoms with E-state index in [1.54, 1.807) is 25.3 Å². The lowest BCUT2D eigenvalue weighted by atomic mass is 9.82. The van der Waals surface area contributed by atoms with Gasteiger partial charge in [0.15, 0.2) is 16.9 Å². The van der Waals surface area contributed by atoms with Gasteiger partial charge in [0, 0.05) is 35.9 Å². The van der Waals surface area contributed by atoms with E-state index in [2.05, 4.69) is 4.57 Å². The van der Waals surface area contributed by atoms with Gasteiger partial charge in [-0.15, -0.1) is 0 Å². The van der Waals surface area contributed by atoms with Gasteiger partial charge in [-0.25, -0.2) is 4.79 Å². The van der Waals surface area contributed by atoms with E-state index in [1.807, 2.05) is 0 Å². The number of phenols is 1. The predicted molar refractivity (Wildman–Crippen MR) is 108 cm³/mol. The van der Waals surface area contributed by atoms with Gasteiger partial charge in [0.25, 0.3) is 0 Å². The van der Waals surface area contributed by atoms with E-state index in [0.29, 0.717) is 24.7 Å². The second-order valence-corrected chi connectivity index (χ2v) is 8.22. The second-order valence-electron chi connectivity index (χ2n) is 8.22. The zero-order valence-electron chi connectivity index (χ0n) is 16.6. The van der Waals surface area contributed by atoms with Crippen LogP contribution in [0.3, 0.4) is 0 Å². The Hall–Kier alpha value is -2.76. The van der Waals surface area contributed by atoms with Crippen molar-refractivity contribution in [3.63, 3.8) is 0 Å². The summed E-state index contributed by atoms with van der Waals surface area (Å²) in [6.45, 7) is 2.50. The van der Waals surface area contributed by atoms with Crippen LogP contribution in [0.4, 0.5) is 0 Å². The number of carbonyl (C=O) groups excluding carboxylic acids is 1. The molecule has 1 saturated carbocycles. The van der Waals surface area contributed by atoms with Crippen LogP contribution in [-0.2, 0) is 17.6 Å². The standard InChI is InChI=1S/C23H25NO5/c1-2-28-23(27)16-12-24-17(13-5-3-4-6-13)9-14-10-20(26)22-15(7-8-29-22)21(14)18(24)11-19(16)25/h10-13,17,26H,2-9H2,1H3. The number of aromatic hydroxyl groups is 1. The molecule has 1 atom stereocenters. The number of esters is 1. The number of fused-ring (bicyclic) bond motifs is 5. The molecule has 3 heterocycles. The molecule has 29 heavy (non-hydrogen) atoms. The fourth-order valence-corrected chi connectivity index (χ4v) is 5.35. The first-order chi connectivity index (χ1) is 14.1. The van der Waals surface area contributed by atoms with Crippen LogP contribution < -0.4 is 10.2 Å². The highest BCUT2D eigenvalue weighted by molar-refractivity contribution is 5.89. The summed E-state index contributed by atoms with van der Waals surface area (Å²) >= 11 is 0. The average Bonchev–Trinajstić information content (AvgIpc) is 3.39. The molecule has 152 valence electrons. The van der Waals surface area contributed by atoms with E-state index in [-0.39, 0.29) is 29.4 Å². The molecule has 2 aliphatic heterocycles. The van der Waals surface area contributed by atoms with E-state index in [9.17, 15) is 14.7 Å². The smallest absolute Gasteiger partial charge is 0.343 e. The van der Waals surface area contributed by atoms with Gasteiger partial charge < -0.3 is 19.1 Å². The first-order valence-corrected chi connectivity index (χ1v) is 10.5. The average molecular weight is 395 g/mol. The molecule has 1 aromatic heterocycles. The Kier molecular flexibility index (Phi) is 4.37. The molecule has 0 bridgehead atoms. The fourth-order valence-electron chi connectivity index (χ4n) is 5.35. The molecule has 1 N–H and O–H groups in total. The molecule has 1 unspecified atom stereocenters. The minimum absolute atomic E-state index is 0.0914. The monoisotopic (exact) mass is 395 g/mol. The molecule has 0 amide bonds. The largest absolute Gasteiger partial charge is 0.504 e. The zero-order valence-corrected chi connectivity index (χ0v) is 16.6. The Morgan fingerprint density at radius 3 is 2.86 bits per heavy atom. The third-order valence-electron chi connectivity index (χ3n) is 6.60. The van der Waals surface area contributed by atoms with Crippen molar-refractivity contribution in [1.29, 1.82) is 0 Å². The SMILES string of the molecule is CCOC(=O)c1cn2c(cc1=O)-c1c(cc(O)c3c1CCO3)CC2C1CCCC1. The van der Waals surface area contributed by atoms with E-state index in [1.165, 1.54) is 12.8 Å². The van der Waals surface area contributed by atoms with Crippen LogP contribution in [0.2, 0.25) is 0 Å². The molecule has 6 nitrogen and oxygen atoms in total. The second kappa shape index (κ2) is 6.94. The van der Waals surface area contributed by atoms with Gasteiger partial charge in [0.2, 0.25) is 0 Å². The lowest BCUT2D eigenvalue weighted by Gasteiger charge is -2.35. The summed E-state index contributed by atoms with van der Waals surface area (Å²) in [4.78, 5) is 25.2. The summed E-state index contributed by atoms with van der Waals surface area (Å²) in [6.07, 6.45) is 7.87. The summed E-state index contributed by atoms with van der Waals surface area (Å²) in [5, 5.41) is 10.5. The minimum Gasteiger partial charge on any atom is -0.504 e. The van der Waals surface area contributed by atoms with Crippen LogP contribution in [0.1, 0.15) is 60.1 Å². The summed E-state index contributed by atoms with van der Waals surface area (Å²) in [7, 11) is 0. The number of ether oxygens (including phenoxy) is 2. The Morgan fingerprint density at radius 2 is 2.10 bits per heavy atom. The van der Waals surface area contributed by atoms with Crippen molar-refractivity contribution >= 4 is 5.97 Å². The number of pyridine rings is 1. The predicted octanol–water partition coefficient (Wildman–Crippen LogP) is 3.62. The molecule has 1 aromatic carbocycles. The Balaban J connectivity index is 1.73. The normalized spacial score (nSPS) is 20.0. The van der Waals surface area contributed by atoms with Crippen LogP contribution in [-0.4, -0.2) is 28.9 Å². The van der Waals surface area contributed by atoms with E-state index < -0.39 is 5.97 Å². The number of benzene rings is 1. The lowest BCUT2D eigenvalue weighted by molar-refractivity contribution is 0.0523. The fraction of sp³-hybridized carbons (Fsp3) is 0.478. The topological polar surface area (TPSA) is 77.8 Å². The molecule has 6 heteroatoms. The van der Waals surface area contributed by atoms with Crippen molar-refractivity contribution < 1.29 is 19.4 Å². The minimum atomic E-state index is -0.567. The van der Waals surface area contributed by atoms with Gasteiger partial charge in [0.1, 0.15) is 5.56 Å². The lowest BCUT2D eigenvalue weighted by Crippen LogP contribution is -2.30. The highest BCUT2D eigenvalue weighted by Gasteiger charge is 2.36. The van der Waals surface area contributed by atoms with Crippen molar-refractivity contribution in [3.05, 3.63) is 45.2 Å². The molecule has 0 saturated heterocycles. The van der Waals surface area contributed by atoms with Crippen LogP contribution in [0.5, 0.6) is 11.5 Å². The first-order valence-electron chi connectivity index (χ1n) is 10.5. The molecule has 0 spiro atoms. The van der Waals surface area contributed by atoms with Crippen molar-refractivity contribution in [2.75, 3.05) is 13.2 Å². The van der Waals surface area contributed by atoms with Gasteiger partial charge in [-0.2, -0.15) is 0 Å². The van der Waals surface area contributed by atoms with Gasteiger partial charge in [-0.1, -0.05) is 12.8 Å². The van der Waals surface area contributed by atoms with Crippen molar-refractivity contribution in [1.82, 2.24) is 4.57 Å². The first kappa shape index (κ1) is 18.3. The molecular weight excluding hydrogens is 370 g/mol. The summed E-state index contributed by atoms with van der Waals surface area (Å²) in [5.41, 5.74) is 3.59. The number of carbonyl (C=O) groups is 1. The maximum atomic E-state index is 12.8. The highest BCUT2D eigenvalue weighted by atomic mass is 16.5. The molecule has 0 radical (unpaired) electrons. The van der Waals surface area contributed by atoms with Gasteiger partial charge in [-0.3, -0.25) is 4.79 Å². The molecule has 3 aliphatic rings. The number of rotatable bonds is 3. The maximum Gasteiger partial charge on any atom is 0.343 e. The van der Waals surface area contributed by atoms with Crippen molar-refractivity contribution in [2.45, 2.75) is 51.5 Å². The maximum absolute atomic E-state index is 12.8. The molecule has 1 fully saturated rings. The summed E-state index contributed by atoms with van der Waals surface area (Å²) < 4.78 is 12.9. The van der Waals surface area contributed by atoms with Gasteiger partial charge >= 0.3 is 5.97 Å². The number of nitrogens with zero attached hydrogens (tertiary/aromatic N) is 1. The Labute approximate surface area is 169 Å². The van der Waals surface area contributed by atoms with Crippen LogP contribution in [0.15, 0.2) is 23.1 Å². The Morgan fingerprint density at radius 1 is 1.31 bits per heavy atom. The van der Waals surface area contributed by atoms with Crippen LogP contribution in [0.25, 0.3) is 11.3 Å². The van der Waals surface area contributed by atoms with E-state index in [4.69, 9.17) is 9.47 Å². The van der Waals surface area contributed by atoms with Crippen molar-refractivity contribution in [3.8, 4) is 22.8 Å². The highest BCUT2D eigenvalue weighted by Crippen LogP contribution is 2.49. The summed E-state index contributed by atoms with van der Waals surface area (Å²) in [6, 6.07) is 3.53. The zero-order chi connectivity index (χ0) is 20.1. The number of hydrogen-bond acceptors (Lipinski definition) is 5. The number of aromatic nitrogens is 1. The molecule has 1 aliphatic carbocycles. The van der Waals surface area contributed by atoms with E-state index >= 15 is 0 Å².